The van der Waals surface area contributed by atoms with Gasteiger partial charge in [0.05, 0.1) is 11.8 Å². The summed E-state index contributed by atoms with van der Waals surface area (Å²) in [6.45, 7) is 0. The molecule has 1 atom stereocenters. The topological polar surface area (TPSA) is 82.4 Å². The summed E-state index contributed by atoms with van der Waals surface area (Å²) in [4.78, 5) is 24.3. The number of nitriles is 1. The number of nitrogens with one attached hydrogen (secondary N) is 1. The molecule has 5 heteroatoms. The Morgan fingerprint density at radius 3 is 2.85 bits per heavy atom. The molecular formula is C22H14N4O. The van der Waals surface area contributed by atoms with Gasteiger partial charge in [0.15, 0.2) is 5.78 Å². The number of rotatable bonds is 2. The summed E-state index contributed by atoms with van der Waals surface area (Å²) in [6, 6.07) is 19.5. The van der Waals surface area contributed by atoms with Gasteiger partial charge in [-0.25, -0.2) is 9.97 Å². The molecule has 5 rings (SSSR count). The van der Waals surface area contributed by atoms with E-state index in [1.807, 2.05) is 54.7 Å². The first-order chi connectivity index (χ1) is 13.2. The number of Topliss-reactive ketones (excluding diaryl/α,β-unsaturated/α-hetero) is 1. The quantitative estimate of drug-likeness (QED) is 0.592. The van der Waals surface area contributed by atoms with Gasteiger partial charge in [0.1, 0.15) is 17.4 Å². The van der Waals surface area contributed by atoms with Crippen LogP contribution in [-0.4, -0.2) is 20.7 Å². The highest BCUT2D eigenvalue weighted by Crippen LogP contribution is 2.44. The number of hydrogen-bond acceptors (Lipinski definition) is 4. The van der Waals surface area contributed by atoms with E-state index in [9.17, 15) is 10.1 Å². The maximum Gasteiger partial charge on any atom is 0.165 e. The van der Waals surface area contributed by atoms with Crippen molar-refractivity contribution in [3.63, 3.8) is 0 Å². The van der Waals surface area contributed by atoms with Crippen molar-refractivity contribution < 1.29 is 4.79 Å². The standard InChI is InChI=1S/C22H14N4O/c23-12-22(11-19(27)16-6-1-2-7-18(16)22)15-5-3-4-14(10-15)20-17-8-9-24-21(17)26-13-25-20/h1-10,13H,11H2,(H,24,25,26). The van der Waals surface area contributed by atoms with Crippen LogP contribution in [0.4, 0.5) is 0 Å². The Morgan fingerprint density at radius 1 is 1.07 bits per heavy atom. The van der Waals surface area contributed by atoms with Gasteiger partial charge < -0.3 is 4.98 Å². The van der Waals surface area contributed by atoms with Crippen LogP contribution < -0.4 is 0 Å². The largest absolute Gasteiger partial charge is 0.346 e. The molecule has 1 aliphatic rings. The molecule has 1 aliphatic carbocycles. The van der Waals surface area contributed by atoms with E-state index in [2.05, 4.69) is 21.0 Å². The fourth-order valence-electron chi connectivity index (χ4n) is 3.99. The molecule has 0 fully saturated rings. The Labute approximate surface area is 155 Å². The molecule has 0 aliphatic heterocycles. The Bertz CT molecular complexity index is 1250. The minimum absolute atomic E-state index is 0.00705. The summed E-state index contributed by atoms with van der Waals surface area (Å²) in [6.07, 6.45) is 3.51. The molecule has 0 radical (unpaired) electrons. The molecule has 0 saturated heterocycles. The molecule has 4 aromatic rings. The van der Waals surface area contributed by atoms with Crippen LogP contribution in [0.3, 0.4) is 0 Å². The summed E-state index contributed by atoms with van der Waals surface area (Å²) in [7, 11) is 0. The number of H-pyrrole nitrogens is 1. The molecule has 0 bridgehead atoms. The lowest BCUT2D eigenvalue weighted by Gasteiger charge is -2.22. The summed E-state index contributed by atoms with van der Waals surface area (Å²) >= 11 is 0. The van der Waals surface area contributed by atoms with Crippen molar-refractivity contribution in [3.8, 4) is 17.3 Å². The number of benzene rings is 2. The van der Waals surface area contributed by atoms with Crippen molar-refractivity contribution in [1.82, 2.24) is 15.0 Å². The average Bonchev–Trinajstić information content (AvgIpc) is 3.31. The van der Waals surface area contributed by atoms with Crippen LogP contribution in [-0.2, 0) is 5.41 Å². The van der Waals surface area contributed by atoms with E-state index in [1.165, 1.54) is 6.33 Å². The molecule has 1 N–H and O–H groups in total. The van der Waals surface area contributed by atoms with Crippen LogP contribution in [0, 0.1) is 11.3 Å². The van der Waals surface area contributed by atoms with E-state index in [1.54, 1.807) is 6.07 Å². The van der Waals surface area contributed by atoms with E-state index in [0.717, 1.165) is 33.4 Å². The lowest BCUT2D eigenvalue weighted by atomic mass is 9.76. The Hall–Kier alpha value is -3.78. The van der Waals surface area contributed by atoms with Gasteiger partial charge in [0.25, 0.3) is 0 Å². The first-order valence-electron chi connectivity index (χ1n) is 8.66. The van der Waals surface area contributed by atoms with E-state index >= 15 is 0 Å². The predicted octanol–water partition coefficient (Wildman–Crippen LogP) is 4.02. The fourth-order valence-corrected chi connectivity index (χ4v) is 3.99. The van der Waals surface area contributed by atoms with Crippen molar-refractivity contribution in [2.24, 2.45) is 0 Å². The third-order valence-corrected chi connectivity index (χ3v) is 5.29. The normalized spacial score (nSPS) is 18.4. The second kappa shape index (κ2) is 5.61. The molecule has 2 heterocycles. The van der Waals surface area contributed by atoms with Crippen LogP contribution in [0.15, 0.2) is 67.1 Å². The van der Waals surface area contributed by atoms with Gasteiger partial charge in [-0.3, -0.25) is 4.79 Å². The van der Waals surface area contributed by atoms with Gasteiger partial charge in [-0.05, 0) is 23.3 Å². The van der Waals surface area contributed by atoms with Crippen molar-refractivity contribution in [1.29, 1.82) is 5.26 Å². The molecule has 128 valence electrons. The zero-order valence-electron chi connectivity index (χ0n) is 14.3. The molecule has 5 nitrogen and oxygen atoms in total. The third-order valence-electron chi connectivity index (χ3n) is 5.29. The molecule has 0 amide bonds. The van der Waals surface area contributed by atoms with Crippen LogP contribution in [0.5, 0.6) is 0 Å². The van der Waals surface area contributed by atoms with Crippen molar-refractivity contribution in [2.45, 2.75) is 11.8 Å². The number of fused-ring (bicyclic) bond motifs is 2. The van der Waals surface area contributed by atoms with Crippen molar-refractivity contribution >= 4 is 16.8 Å². The first kappa shape index (κ1) is 15.5. The Balaban J connectivity index is 1.72. The number of hydrogen-bond donors (Lipinski definition) is 1. The molecule has 0 spiro atoms. The summed E-state index contributed by atoms with van der Waals surface area (Å²) in [5.74, 6) is 0.00705. The number of carbonyl (C=O) groups is 1. The number of nitrogens with zero attached hydrogens (tertiary/aromatic N) is 3. The minimum atomic E-state index is -0.964. The minimum Gasteiger partial charge on any atom is -0.346 e. The summed E-state index contributed by atoms with van der Waals surface area (Å²) < 4.78 is 0. The molecule has 0 saturated carbocycles. The first-order valence-corrected chi connectivity index (χ1v) is 8.66. The average molecular weight is 350 g/mol. The highest BCUT2D eigenvalue weighted by atomic mass is 16.1. The molecule has 27 heavy (non-hydrogen) atoms. The predicted molar refractivity (Wildman–Crippen MR) is 101 cm³/mol. The lowest BCUT2D eigenvalue weighted by Crippen LogP contribution is -2.23. The maximum absolute atomic E-state index is 12.5. The number of aromatic nitrogens is 3. The molecule has 1 unspecified atom stereocenters. The van der Waals surface area contributed by atoms with Crippen LogP contribution in [0.25, 0.3) is 22.3 Å². The highest BCUT2D eigenvalue weighted by molar-refractivity contribution is 6.04. The van der Waals surface area contributed by atoms with Crippen LogP contribution in [0.1, 0.15) is 27.9 Å². The van der Waals surface area contributed by atoms with Gasteiger partial charge in [0.2, 0.25) is 0 Å². The number of carbonyl (C=O) groups excluding carboxylic acids is 1. The molecule has 2 aromatic heterocycles. The third kappa shape index (κ3) is 2.14. The molecule has 2 aromatic carbocycles. The second-order valence-electron chi connectivity index (χ2n) is 6.71. The lowest BCUT2D eigenvalue weighted by molar-refractivity contribution is 0.0986. The highest BCUT2D eigenvalue weighted by Gasteiger charge is 2.45. The van der Waals surface area contributed by atoms with E-state index in [-0.39, 0.29) is 12.2 Å². The Morgan fingerprint density at radius 2 is 1.96 bits per heavy atom. The maximum atomic E-state index is 12.5. The summed E-state index contributed by atoms with van der Waals surface area (Å²) in [5, 5.41) is 11.0. The number of aromatic amines is 1. The number of ketones is 1. The van der Waals surface area contributed by atoms with Gasteiger partial charge in [-0.2, -0.15) is 5.26 Å². The Kier molecular flexibility index (Phi) is 3.22. The zero-order valence-corrected chi connectivity index (χ0v) is 14.3. The van der Waals surface area contributed by atoms with Gasteiger partial charge in [-0.15, -0.1) is 0 Å². The fraction of sp³-hybridized carbons (Fsp3) is 0.0909. The van der Waals surface area contributed by atoms with Crippen molar-refractivity contribution in [2.75, 3.05) is 0 Å². The summed E-state index contributed by atoms with van der Waals surface area (Å²) in [5.41, 5.74) is 3.72. The van der Waals surface area contributed by atoms with Crippen LogP contribution in [0.2, 0.25) is 0 Å². The zero-order chi connectivity index (χ0) is 18.4. The van der Waals surface area contributed by atoms with Gasteiger partial charge in [0, 0.05) is 29.1 Å². The van der Waals surface area contributed by atoms with Crippen molar-refractivity contribution in [3.05, 3.63) is 83.8 Å². The monoisotopic (exact) mass is 350 g/mol. The van der Waals surface area contributed by atoms with E-state index in [0.29, 0.717) is 5.56 Å². The van der Waals surface area contributed by atoms with Crippen LogP contribution >= 0.6 is 0 Å². The van der Waals surface area contributed by atoms with E-state index in [4.69, 9.17) is 0 Å². The second-order valence-corrected chi connectivity index (χ2v) is 6.71. The van der Waals surface area contributed by atoms with Gasteiger partial charge >= 0.3 is 0 Å². The van der Waals surface area contributed by atoms with Gasteiger partial charge in [-0.1, -0.05) is 42.5 Å². The molecular weight excluding hydrogens is 336 g/mol. The smallest absolute Gasteiger partial charge is 0.165 e. The van der Waals surface area contributed by atoms with E-state index < -0.39 is 5.41 Å². The SMILES string of the molecule is N#CC1(c2cccc(-c3ncnc4[nH]ccc34)c2)CC(=O)c2ccccc21.